The molecule has 0 radical (unpaired) electrons. The Bertz CT molecular complexity index is 1530. The standard InChI is InChI=1S/C38H46N2O8/c1-25-34(23-40-18-16-38(17-19-40)44-20-21-45-38)47-37(48-35(25)30-10-8-28(24-41)9-11-30)31-14-12-29(13-15-31)33-7-5-4-6-32(33)22-39-36(43)26(2)46-27(3)42/h4-15,25-26,34-35,37,41H,16-24H2,1-3H3,(H,39,43)/t25-,26-,34+,35+,37+/m0/s1. The summed E-state index contributed by atoms with van der Waals surface area (Å²) in [5.41, 5.74) is 5.75. The maximum Gasteiger partial charge on any atom is 0.303 e. The fraction of sp³-hybridized carbons (Fsp3) is 0.474. The van der Waals surface area contributed by atoms with Crippen LogP contribution in [0.15, 0.2) is 72.8 Å². The predicted octanol–water partition coefficient (Wildman–Crippen LogP) is 5.04. The van der Waals surface area contributed by atoms with Crippen LogP contribution in [0, 0.1) is 5.92 Å². The van der Waals surface area contributed by atoms with Gasteiger partial charge in [-0.1, -0.05) is 79.7 Å². The van der Waals surface area contributed by atoms with Crippen LogP contribution in [-0.4, -0.2) is 72.7 Å². The topological polar surface area (TPSA) is 116 Å². The molecule has 3 aromatic carbocycles. The number of hydrogen-bond acceptors (Lipinski definition) is 9. The maximum atomic E-state index is 12.5. The Balaban J connectivity index is 1.18. The zero-order chi connectivity index (χ0) is 33.7. The smallest absolute Gasteiger partial charge is 0.303 e. The predicted molar refractivity (Wildman–Crippen MR) is 178 cm³/mol. The van der Waals surface area contributed by atoms with E-state index in [-0.39, 0.29) is 30.6 Å². The van der Waals surface area contributed by atoms with E-state index in [9.17, 15) is 14.7 Å². The number of nitrogens with zero attached hydrogens (tertiary/aromatic N) is 1. The molecule has 0 saturated carbocycles. The Labute approximate surface area is 282 Å². The number of ether oxygens (including phenoxy) is 5. The summed E-state index contributed by atoms with van der Waals surface area (Å²) in [6, 6.07) is 24.0. The molecular formula is C38H46N2O8. The molecule has 256 valence electrons. The molecule has 0 bridgehead atoms. The lowest BCUT2D eigenvalue weighted by Gasteiger charge is -2.44. The number of benzene rings is 3. The van der Waals surface area contributed by atoms with E-state index in [0.717, 1.165) is 65.9 Å². The van der Waals surface area contributed by atoms with Crippen molar-refractivity contribution in [3.05, 3.63) is 95.1 Å². The number of aliphatic hydroxyl groups is 1. The molecule has 1 spiro atoms. The van der Waals surface area contributed by atoms with E-state index in [1.54, 1.807) is 6.92 Å². The summed E-state index contributed by atoms with van der Waals surface area (Å²) in [5.74, 6) is -1.19. The molecule has 6 rings (SSSR count). The van der Waals surface area contributed by atoms with E-state index in [1.165, 1.54) is 6.92 Å². The van der Waals surface area contributed by atoms with E-state index >= 15 is 0 Å². The van der Waals surface area contributed by atoms with Crippen LogP contribution in [0.5, 0.6) is 0 Å². The van der Waals surface area contributed by atoms with Gasteiger partial charge in [-0.2, -0.15) is 0 Å². The molecule has 3 saturated heterocycles. The van der Waals surface area contributed by atoms with Crippen molar-refractivity contribution in [2.45, 2.75) is 77.2 Å². The Kier molecular flexibility index (Phi) is 10.9. The van der Waals surface area contributed by atoms with Gasteiger partial charge in [0, 0.05) is 57.4 Å². The lowest BCUT2D eigenvalue weighted by Crippen LogP contribution is -2.50. The quantitative estimate of drug-likeness (QED) is 0.289. The SMILES string of the molecule is CC(=O)O[C@@H](C)C(=O)NCc1ccccc1-c1ccc([C@@H]2O[C@H](CN3CCC4(CC3)OCCO4)[C@H](C)[C@H](c3ccc(CO)cc3)O2)cc1. The summed E-state index contributed by atoms with van der Waals surface area (Å²) in [7, 11) is 0. The van der Waals surface area contributed by atoms with Crippen LogP contribution in [0.2, 0.25) is 0 Å². The van der Waals surface area contributed by atoms with Gasteiger partial charge >= 0.3 is 5.97 Å². The molecule has 0 aromatic heterocycles. The summed E-state index contributed by atoms with van der Waals surface area (Å²) in [4.78, 5) is 26.2. The normalized spacial score (nSPS) is 24.7. The number of hydrogen-bond donors (Lipinski definition) is 2. The lowest BCUT2D eigenvalue weighted by molar-refractivity contribution is -0.278. The number of piperidine rings is 1. The summed E-state index contributed by atoms with van der Waals surface area (Å²) in [6.45, 7) is 9.18. The van der Waals surface area contributed by atoms with Gasteiger partial charge in [0.15, 0.2) is 18.2 Å². The minimum atomic E-state index is -0.866. The van der Waals surface area contributed by atoms with Crippen LogP contribution in [0.4, 0.5) is 0 Å². The van der Waals surface area contributed by atoms with Gasteiger partial charge in [-0.05, 0) is 34.7 Å². The Morgan fingerprint density at radius 3 is 2.29 bits per heavy atom. The van der Waals surface area contributed by atoms with Gasteiger partial charge < -0.3 is 39.0 Å². The highest BCUT2D eigenvalue weighted by Crippen LogP contribution is 2.43. The van der Waals surface area contributed by atoms with Crippen molar-refractivity contribution in [1.82, 2.24) is 10.2 Å². The van der Waals surface area contributed by atoms with Crippen LogP contribution in [-0.2, 0) is 46.4 Å². The van der Waals surface area contributed by atoms with Gasteiger partial charge in [0.1, 0.15) is 0 Å². The second kappa shape index (κ2) is 15.3. The summed E-state index contributed by atoms with van der Waals surface area (Å²) < 4.78 is 30.3. The molecule has 2 N–H and O–H groups in total. The molecular weight excluding hydrogens is 612 g/mol. The first kappa shape index (κ1) is 34.2. The van der Waals surface area contributed by atoms with E-state index in [2.05, 4.69) is 17.1 Å². The van der Waals surface area contributed by atoms with Gasteiger partial charge in [0.2, 0.25) is 0 Å². The molecule has 10 heteroatoms. The molecule has 3 aliphatic heterocycles. The van der Waals surface area contributed by atoms with Gasteiger partial charge in [-0.15, -0.1) is 0 Å². The number of esters is 1. The third-order valence-corrected chi connectivity index (χ3v) is 9.67. The van der Waals surface area contributed by atoms with Gasteiger partial charge in [-0.3, -0.25) is 9.59 Å². The monoisotopic (exact) mass is 658 g/mol. The minimum absolute atomic E-state index is 0.00511. The molecule has 5 atom stereocenters. The Morgan fingerprint density at radius 1 is 0.958 bits per heavy atom. The highest BCUT2D eigenvalue weighted by Gasteiger charge is 2.43. The van der Waals surface area contributed by atoms with Gasteiger partial charge in [-0.25, -0.2) is 0 Å². The van der Waals surface area contributed by atoms with Crippen molar-refractivity contribution >= 4 is 11.9 Å². The largest absolute Gasteiger partial charge is 0.453 e. The Morgan fingerprint density at radius 2 is 1.62 bits per heavy atom. The summed E-state index contributed by atoms with van der Waals surface area (Å²) >= 11 is 0. The zero-order valence-electron chi connectivity index (χ0n) is 27.9. The first-order valence-corrected chi connectivity index (χ1v) is 16.9. The van der Waals surface area contributed by atoms with Crippen molar-refractivity contribution in [3.8, 4) is 11.1 Å². The molecule has 0 unspecified atom stereocenters. The molecule has 3 heterocycles. The van der Waals surface area contributed by atoms with Crippen molar-refractivity contribution in [2.75, 3.05) is 32.8 Å². The molecule has 10 nitrogen and oxygen atoms in total. The van der Waals surface area contributed by atoms with Crippen LogP contribution >= 0.6 is 0 Å². The highest BCUT2D eigenvalue weighted by atomic mass is 16.7. The third-order valence-electron chi connectivity index (χ3n) is 9.67. The first-order chi connectivity index (χ1) is 23.2. The van der Waals surface area contributed by atoms with E-state index in [1.807, 2.05) is 72.8 Å². The van der Waals surface area contributed by atoms with E-state index < -0.39 is 24.2 Å². The maximum absolute atomic E-state index is 12.5. The van der Waals surface area contributed by atoms with Crippen molar-refractivity contribution in [1.29, 1.82) is 0 Å². The number of aliphatic hydroxyl groups excluding tert-OH is 1. The summed E-state index contributed by atoms with van der Waals surface area (Å²) in [6.07, 6.45) is -0.0239. The second-order valence-corrected chi connectivity index (χ2v) is 13.0. The summed E-state index contributed by atoms with van der Waals surface area (Å²) in [5, 5.41) is 12.5. The first-order valence-electron chi connectivity index (χ1n) is 16.9. The van der Waals surface area contributed by atoms with Crippen molar-refractivity contribution in [2.24, 2.45) is 5.92 Å². The van der Waals surface area contributed by atoms with Crippen molar-refractivity contribution in [3.63, 3.8) is 0 Å². The second-order valence-electron chi connectivity index (χ2n) is 13.0. The Hall–Kier alpha value is -3.64. The lowest BCUT2D eigenvalue weighted by atomic mass is 9.89. The number of nitrogens with one attached hydrogen (secondary N) is 1. The van der Waals surface area contributed by atoms with Crippen LogP contribution < -0.4 is 5.32 Å². The van der Waals surface area contributed by atoms with Gasteiger partial charge in [0.05, 0.1) is 32.0 Å². The average Bonchev–Trinajstić information content (AvgIpc) is 3.57. The number of amides is 1. The van der Waals surface area contributed by atoms with Crippen molar-refractivity contribution < 1.29 is 38.4 Å². The molecule has 1 amide bonds. The number of rotatable bonds is 10. The molecule has 48 heavy (non-hydrogen) atoms. The van der Waals surface area contributed by atoms with Crippen LogP contribution in [0.1, 0.15) is 68.3 Å². The van der Waals surface area contributed by atoms with Crippen LogP contribution in [0.3, 0.4) is 0 Å². The number of carbonyl (C=O) groups is 2. The van der Waals surface area contributed by atoms with Gasteiger partial charge in [0.25, 0.3) is 5.91 Å². The fourth-order valence-electron chi connectivity index (χ4n) is 6.85. The van der Waals surface area contributed by atoms with E-state index in [0.29, 0.717) is 19.8 Å². The average molecular weight is 659 g/mol. The highest BCUT2D eigenvalue weighted by molar-refractivity contribution is 5.83. The molecule has 3 aromatic rings. The number of likely N-dealkylation sites (tertiary alicyclic amines) is 1. The van der Waals surface area contributed by atoms with Crippen LogP contribution in [0.25, 0.3) is 11.1 Å². The fourth-order valence-corrected chi connectivity index (χ4v) is 6.85. The number of carbonyl (C=O) groups excluding carboxylic acids is 2. The molecule has 3 aliphatic rings. The molecule has 3 fully saturated rings. The third kappa shape index (κ3) is 7.97. The molecule has 0 aliphatic carbocycles. The minimum Gasteiger partial charge on any atom is -0.453 e. The zero-order valence-corrected chi connectivity index (χ0v) is 27.9. The van der Waals surface area contributed by atoms with E-state index in [4.69, 9.17) is 23.7 Å².